The maximum Gasteiger partial charge on any atom is 0.352 e. The van der Waals surface area contributed by atoms with E-state index < -0.39 is 39.9 Å². The lowest BCUT2D eigenvalue weighted by Crippen LogP contribution is -2.70. The molecule has 0 bridgehead atoms. The predicted octanol–water partition coefficient (Wildman–Crippen LogP) is 3.02. The van der Waals surface area contributed by atoms with Gasteiger partial charge in [0.05, 0.1) is 6.42 Å². The Bertz CT molecular complexity index is 970. The molecule has 2 N–H and O–H groups in total. The summed E-state index contributed by atoms with van der Waals surface area (Å²) in [4.78, 5) is 37.9. The van der Waals surface area contributed by atoms with E-state index in [-0.39, 0.29) is 18.0 Å². The first-order chi connectivity index (χ1) is 14.7. The Morgan fingerprint density at radius 1 is 1.16 bits per heavy atom. The van der Waals surface area contributed by atoms with Gasteiger partial charge in [0.15, 0.2) is 0 Å². The fourth-order valence-electron chi connectivity index (χ4n) is 3.46. The molecule has 32 heavy (non-hydrogen) atoms. The van der Waals surface area contributed by atoms with Crippen LogP contribution in [-0.4, -0.2) is 61.6 Å². The fraction of sp³-hybridized carbons (Fsp3) is 0.476. The number of β-lactam (4-membered cyclic amide) rings is 1. The second kappa shape index (κ2) is 8.95. The topological polar surface area (TPSA) is 105 Å². The molecule has 0 aromatic heterocycles. The van der Waals surface area contributed by atoms with E-state index in [1.165, 1.54) is 22.7 Å². The van der Waals surface area contributed by atoms with Gasteiger partial charge in [0, 0.05) is 17.4 Å². The predicted molar refractivity (Wildman–Crippen MR) is 129 cm³/mol. The molecule has 1 fully saturated rings. The summed E-state index contributed by atoms with van der Waals surface area (Å²) in [6.07, 6.45) is 1.57. The quantitative estimate of drug-likeness (QED) is 0.423. The molecule has 8 nitrogen and oxygen atoms in total. The van der Waals surface area contributed by atoms with E-state index in [2.05, 4.69) is 44.6 Å². The van der Waals surface area contributed by atoms with Gasteiger partial charge in [-0.05, 0) is 51.4 Å². The minimum absolute atomic E-state index is 0.0203. The standard InChI is InChI=1S/C21H30N2O6SSi2/c1-31(2,3)28-14-8-7-13(16(12-14)29-32(4,5)6)11-17(24)22-18-19(25)23-15(21(26)27)9-10-30-20(18)23/h7-9,12,18,20H,10-11H2,1-6H3,(H,22,24)(H,26,27)/t18?,20-/m0/s1. The van der Waals surface area contributed by atoms with Gasteiger partial charge in [0.25, 0.3) is 5.91 Å². The number of nitrogens with zero attached hydrogens (tertiary/aromatic N) is 1. The zero-order valence-electron chi connectivity index (χ0n) is 19.2. The number of rotatable bonds is 8. The summed E-state index contributed by atoms with van der Waals surface area (Å²) in [5.74, 6) is -0.0224. The zero-order chi connectivity index (χ0) is 23.8. The summed E-state index contributed by atoms with van der Waals surface area (Å²) < 4.78 is 12.3. The first-order valence-electron chi connectivity index (χ1n) is 10.4. The van der Waals surface area contributed by atoms with Crippen molar-refractivity contribution in [2.45, 2.75) is 57.1 Å². The molecule has 2 aliphatic heterocycles. The number of carboxylic acid groups (broad SMARTS) is 1. The molecule has 2 atom stereocenters. The van der Waals surface area contributed by atoms with E-state index in [4.69, 9.17) is 8.85 Å². The summed E-state index contributed by atoms with van der Waals surface area (Å²) in [5, 5.41) is 11.7. The average Bonchev–Trinajstić information content (AvgIpc) is 2.64. The summed E-state index contributed by atoms with van der Waals surface area (Å²) in [6.45, 7) is 12.5. The Morgan fingerprint density at radius 2 is 1.81 bits per heavy atom. The van der Waals surface area contributed by atoms with Crippen molar-refractivity contribution in [3.8, 4) is 11.5 Å². The van der Waals surface area contributed by atoms with Crippen LogP contribution in [-0.2, 0) is 20.8 Å². The Kier molecular flexibility index (Phi) is 6.82. The lowest BCUT2D eigenvalue weighted by molar-refractivity contribution is -0.150. The fourth-order valence-corrected chi connectivity index (χ4v) is 6.34. The molecule has 1 saturated heterocycles. The third kappa shape index (κ3) is 5.75. The molecular weight excluding hydrogens is 464 g/mol. The number of nitrogens with one attached hydrogen (secondary N) is 1. The first kappa shape index (κ1) is 24.4. The van der Waals surface area contributed by atoms with Crippen molar-refractivity contribution in [3.05, 3.63) is 35.5 Å². The summed E-state index contributed by atoms with van der Waals surface area (Å²) in [5.41, 5.74) is 0.701. The van der Waals surface area contributed by atoms with Gasteiger partial charge in [0.1, 0.15) is 28.6 Å². The number of carbonyl (C=O) groups is 3. The molecule has 1 aromatic carbocycles. The number of thioether (sulfide) groups is 1. The maximum atomic E-state index is 12.8. The monoisotopic (exact) mass is 494 g/mol. The number of carboxylic acids is 1. The van der Waals surface area contributed by atoms with Crippen LogP contribution < -0.4 is 14.2 Å². The van der Waals surface area contributed by atoms with Crippen molar-refractivity contribution in [1.82, 2.24) is 10.2 Å². The van der Waals surface area contributed by atoms with E-state index in [0.29, 0.717) is 11.5 Å². The van der Waals surface area contributed by atoms with Crippen LogP contribution in [0, 0.1) is 0 Å². The van der Waals surface area contributed by atoms with E-state index in [1.807, 2.05) is 18.2 Å². The van der Waals surface area contributed by atoms with Gasteiger partial charge >= 0.3 is 5.97 Å². The Balaban J connectivity index is 1.72. The van der Waals surface area contributed by atoms with E-state index in [0.717, 1.165) is 11.3 Å². The average molecular weight is 495 g/mol. The Hall–Kier alpha value is -2.25. The van der Waals surface area contributed by atoms with Crippen molar-refractivity contribution in [3.63, 3.8) is 0 Å². The number of aliphatic carboxylic acids is 1. The number of benzene rings is 1. The van der Waals surface area contributed by atoms with Crippen LogP contribution in [0.25, 0.3) is 0 Å². The van der Waals surface area contributed by atoms with Crippen LogP contribution in [0.3, 0.4) is 0 Å². The molecule has 2 heterocycles. The van der Waals surface area contributed by atoms with Crippen molar-refractivity contribution in [2.24, 2.45) is 0 Å². The van der Waals surface area contributed by atoms with Crippen LogP contribution in [0.4, 0.5) is 0 Å². The summed E-state index contributed by atoms with van der Waals surface area (Å²) in [7, 11) is -3.74. The van der Waals surface area contributed by atoms with Gasteiger partial charge < -0.3 is 19.3 Å². The second-order valence-electron chi connectivity index (χ2n) is 9.75. The van der Waals surface area contributed by atoms with Crippen LogP contribution in [0.5, 0.6) is 11.5 Å². The highest BCUT2D eigenvalue weighted by Crippen LogP contribution is 2.37. The number of fused-ring (bicyclic) bond motifs is 1. The van der Waals surface area contributed by atoms with Crippen molar-refractivity contribution >= 4 is 46.2 Å². The highest BCUT2D eigenvalue weighted by Gasteiger charge is 2.52. The maximum absolute atomic E-state index is 12.8. The first-order valence-corrected chi connectivity index (χ1v) is 18.3. The molecule has 3 rings (SSSR count). The van der Waals surface area contributed by atoms with Crippen LogP contribution in [0.1, 0.15) is 5.56 Å². The van der Waals surface area contributed by atoms with Gasteiger partial charge in [-0.15, -0.1) is 11.8 Å². The highest BCUT2D eigenvalue weighted by atomic mass is 32.2. The summed E-state index contributed by atoms with van der Waals surface area (Å²) in [6, 6.07) is 4.79. The number of amides is 2. The Morgan fingerprint density at radius 3 is 2.41 bits per heavy atom. The van der Waals surface area contributed by atoms with Gasteiger partial charge in [0.2, 0.25) is 22.5 Å². The molecule has 0 radical (unpaired) electrons. The molecule has 1 aromatic rings. The van der Waals surface area contributed by atoms with Gasteiger partial charge in [-0.1, -0.05) is 6.07 Å². The van der Waals surface area contributed by atoms with Gasteiger partial charge in [-0.25, -0.2) is 4.79 Å². The molecule has 0 saturated carbocycles. The molecule has 0 spiro atoms. The van der Waals surface area contributed by atoms with Crippen LogP contribution >= 0.6 is 11.8 Å². The smallest absolute Gasteiger partial charge is 0.352 e. The van der Waals surface area contributed by atoms with Gasteiger partial charge in [-0.3, -0.25) is 14.5 Å². The molecule has 0 aliphatic carbocycles. The van der Waals surface area contributed by atoms with Crippen molar-refractivity contribution in [1.29, 1.82) is 0 Å². The van der Waals surface area contributed by atoms with Crippen molar-refractivity contribution in [2.75, 3.05) is 5.75 Å². The second-order valence-corrected chi connectivity index (χ2v) is 19.8. The van der Waals surface area contributed by atoms with Gasteiger partial charge in [-0.2, -0.15) is 0 Å². The Labute approximate surface area is 194 Å². The molecule has 2 amide bonds. The van der Waals surface area contributed by atoms with Crippen LogP contribution in [0.2, 0.25) is 39.3 Å². The lowest BCUT2D eigenvalue weighted by atomic mass is 10.0. The number of carbonyl (C=O) groups excluding carboxylic acids is 2. The molecule has 1 unspecified atom stereocenters. The summed E-state index contributed by atoms with van der Waals surface area (Å²) >= 11 is 1.43. The molecule has 174 valence electrons. The molecule has 2 aliphatic rings. The van der Waals surface area contributed by atoms with Crippen molar-refractivity contribution < 1.29 is 28.3 Å². The number of hydrogen-bond donors (Lipinski definition) is 2. The number of hydrogen-bond acceptors (Lipinski definition) is 6. The molecular formula is C21H30N2O6SSi2. The van der Waals surface area contributed by atoms with Crippen LogP contribution in [0.15, 0.2) is 30.0 Å². The van der Waals surface area contributed by atoms with E-state index in [9.17, 15) is 19.5 Å². The molecule has 11 heteroatoms. The minimum atomic E-state index is -1.94. The normalized spacial score (nSPS) is 20.6. The highest BCUT2D eigenvalue weighted by molar-refractivity contribution is 8.00. The largest absolute Gasteiger partial charge is 0.544 e. The van der Waals surface area contributed by atoms with E-state index >= 15 is 0 Å². The lowest BCUT2D eigenvalue weighted by Gasteiger charge is -2.48. The third-order valence-electron chi connectivity index (χ3n) is 4.61. The van der Waals surface area contributed by atoms with E-state index in [1.54, 1.807) is 0 Å². The third-order valence-corrected chi connectivity index (χ3v) is 7.48. The minimum Gasteiger partial charge on any atom is -0.544 e. The SMILES string of the molecule is C[Si](C)(C)Oc1ccc(CC(=O)NC2C(=O)N3C(C(=O)O)=CCS[C@@H]23)c(O[Si](C)(C)C)c1. The zero-order valence-corrected chi connectivity index (χ0v) is 22.0.